The number of terminal acetylenes is 1. The van der Waals surface area contributed by atoms with E-state index in [1.807, 2.05) is 0 Å². The van der Waals surface area contributed by atoms with Gasteiger partial charge in [0.15, 0.2) is 0 Å². The number of halogens is 3. The van der Waals surface area contributed by atoms with E-state index in [4.69, 9.17) is 6.42 Å². The second-order valence-corrected chi connectivity index (χ2v) is 4.30. The summed E-state index contributed by atoms with van der Waals surface area (Å²) in [7, 11) is 1.20. The van der Waals surface area contributed by atoms with E-state index >= 15 is 0 Å². The molecule has 0 bridgehead atoms. The van der Waals surface area contributed by atoms with E-state index in [-0.39, 0.29) is 5.75 Å². The van der Waals surface area contributed by atoms with E-state index in [1.54, 1.807) is 0 Å². The molecule has 16 heavy (non-hydrogen) atoms. The molecule has 0 aromatic carbocycles. The van der Waals surface area contributed by atoms with Gasteiger partial charge in [-0.15, -0.1) is 24.1 Å². The maximum atomic E-state index is 11.9. The highest BCUT2D eigenvalue weighted by Gasteiger charge is 2.28. The third-order valence-corrected chi connectivity index (χ3v) is 2.99. The molecule has 0 aliphatic rings. The molecule has 0 aliphatic heterocycles. The van der Waals surface area contributed by atoms with E-state index in [9.17, 15) is 18.0 Å². The van der Waals surface area contributed by atoms with Gasteiger partial charge in [-0.3, -0.25) is 4.79 Å². The predicted octanol–water partition coefficient (Wildman–Crippen LogP) is 2.63. The summed E-state index contributed by atoms with van der Waals surface area (Å²) in [5.74, 6) is 1.66. The Morgan fingerprint density at radius 3 is 2.62 bits per heavy atom. The highest BCUT2D eigenvalue weighted by Crippen LogP contribution is 2.25. The predicted molar refractivity (Wildman–Crippen MR) is 57.0 cm³/mol. The van der Waals surface area contributed by atoms with Crippen LogP contribution in [0.2, 0.25) is 0 Å². The molecule has 0 amide bonds. The Kier molecular flexibility index (Phi) is 7.06. The number of esters is 1. The van der Waals surface area contributed by atoms with Crippen molar-refractivity contribution in [2.24, 2.45) is 0 Å². The van der Waals surface area contributed by atoms with Crippen LogP contribution in [0.5, 0.6) is 0 Å². The molecule has 0 radical (unpaired) electrons. The van der Waals surface area contributed by atoms with Crippen LogP contribution in [0.15, 0.2) is 0 Å². The first-order chi connectivity index (χ1) is 7.40. The number of thioether (sulfide) groups is 1. The van der Waals surface area contributed by atoms with Gasteiger partial charge in [-0.25, -0.2) is 0 Å². The minimum absolute atomic E-state index is 0.159. The highest BCUT2D eigenvalue weighted by atomic mass is 32.2. The second-order valence-electron chi connectivity index (χ2n) is 2.99. The zero-order chi connectivity index (χ0) is 12.6. The number of rotatable bonds is 6. The van der Waals surface area contributed by atoms with Crippen molar-refractivity contribution in [3.8, 4) is 12.3 Å². The zero-order valence-corrected chi connectivity index (χ0v) is 9.66. The van der Waals surface area contributed by atoms with Crippen LogP contribution in [0.1, 0.15) is 19.3 Å². The summed E-state index contributed by atoms with van der Waals surface area (Å²) in [5.41, 5.74) is 0. The SMILES string of the molecule is C#CCCC(SCCC(F)(F)F)C(=O)OC. The monoisotopic (exact) mass is 254 g/mol. The van der Waals surface area contributed by atoms with E-state index in [0.717, 1.165) is 11.8 Å². The molecule has 0 aliphatic carbocycles. The molecule has 1 atom stereocenters. The van der Waals surface area contributed by atoms with Crippen LogP contribution in [-0.4, -0.2) is 30.3 Å². The van der Waals surface area contributed by atoms with Gasteiger partial charge in [0.1, 0.15) is 5.25 Å². The van der Waals surface area contributed by atoms with Crippen molar-refractivity contribution in [3.05, 3.63) is 0 Å². The van der Waals surface area contributed by atoms with Crippen LogP contribution in [-0.2, 0) is 9.53 Å². The van der Waals surface area contributed by atoms with E-state index < -0.39 is 23.8 Å². The first-order valence-corrected chi connectivity index (χ1v) is 5.65. The van der Waals surface area contributed by atoms with Gasteiger partial charge in [-0.1, -0.05) is 0 Å². The number of hydrogen-bond donors (Lipinski definition) is 0. The van der Waals surface area contributed by atoms with Gasteiger partial charge in [-0.05, 0) is 6.42 Å². The fraction of sp³-hybridized carbons (Fsp3) is 0.700. The molecular formula is C10H13F3O2S. The minimum atomic E-state index is -4.19. The van der Waals surface area contributed by atoms with Gasteiger partial charge in [0.25, 0.3) is 0 Å². The molecule has 0 saturated heterocycles. The maximum absolute atomic E-state index is 11.9. The molecule has 6 heteroatoms. The van der Waals surface area contributed by atoms with E-state index in [0.29, 0.717) is 12.8 Å². The molecule has 0 aromatic heterocycles. The first-order valence-electron chi connectivity index (χ1n) is 4.60. The fourth-order valence-corrected chi connectivity index (χ4v) is 2.08. The Morgan fingerprint density at radius 1 is 1.56 bits per heavy atom. The average molecular weight is 254 g/mol. The maximum Gasteiger partial charge on any atom is 0.389 e. The van der Waals surface area contributed by atoms with Crippen LogP contribution in [0.4, 0.5) is 13.2 Å². The lowest BCUT2D eigenvalue weighted by atomic mass is 10.2. The van der Waals surface area contributed by atoms with Gasteiger partial charge < -0.3 is 4.74 Å². The number of carbonyl (C=O) groups excluding carboxylic acids is 1. The summed E-state index contributed by atoms with van der Waals surface area (Å²) in [5, 5.41) is -0.608. The van der Waals surface area contributed by atoms with Gasteiger partial charge in [0.2, 0.25) is 0 Å². The molecule has 0 saturated carbocycles. The van der Waals surface area contributed by atoms with Crippen molar-refractivity contribution in [3.63, 3.8) is 0 Å². The molecular weight excluding hydrogens is 241 g/mol. The Balaban J connectivity index is 4.02. The van der Waals surface area contributed by atoms with E-state index in [1.165, 1.54) is 7.11 Å². The summed E-state index contributed by atoms with van der Waals surface area (Å²) in [4.78, 5) is 11.2. The normalized spacial score (nSPS) is 12.9. The molecule has 0 spiro atoms. The van der Waals surface area contributed by atoms with Crippen molar-refractivity contribution in [1.29, 1.82) is 0 Å². The summed E-state index contributed by atoms with van der Waals surface area (Å²) in [6.07, 6.45) is 0.600. The van der Waals surface area contributed by atoms with Crippen molar-refractivity contribution in [1.82, 2.24) is 0 Å². The van der Waals surface area contributed by atoms with Crippen LogP contribution in [0.3, 0.4) is 0 Å². The average Bonchev–Trinajstić information content (AvgIpc) is 2.20. The molecule has 0 N–H and O–H groups in total. The molecule has 0 rings (SSSR count). The Hall–Kier alpha value is -0.830. The molecule has 92 valence electrons. The lowest BCUT2D eigenvalue weighted by Crippen LogP contribution is -2.20. The van der Waals surface area contributed by atoms with Gasteiger partial charge in [0.05, 0.1) is 13.5 Å². The number of alkyl halides is 3. The fourth-order valence-electron chi connectivity index (χ4n) is 0.932. The highest BCUT2D eigenvalue weighted by molar-refractivity contribution is 8.00. The van der Waals surface area contributed by atoms with Crippen molar-refractivity contribution in [2.75, 3.05) is 12.9 Å². The van der Waals surface area contributed by atoms with Gasteiger partial charge in [0, 0.05) is 12.2 Å². The van der Waals surface area contributed by atoms with Gasteiger partial charge in [-0.2, -0.15) is 13.2 Å². The van der Waals surface area contributed by atoms with Crippen molar-refractivity contribution >= 4 is 17.7 Å². The number of methoxy groups -OCH3 is 1. The zero-order valence-electron chi connectivity index (χ0n) is 8.84. The van der Waals surface area contributed by atoms with Gasteiger partial charge >= 0.3 is 12.1 Å². The minimum Gasteiger partial charge on any atom is -0.468 e. The standard InChI is InChI=1S/C10H13F3O2S/c1-3-4-5-8(9(14)15-2)16-7-6-10(11,12)13/h1,8H,4-7H2,2H3. The topological polar surface area (TPSA) is 26.3 Å². The van der Waals surface area contributed by atoms with Crippen LogP contribution >= 0.6 is 11.8 Å². The summed E-state index contributed by atoms with van der Waals surface area (Å²) in [6, 6.07) is 0. The smallest absolute Gasteiger partial charge is 0.389 e. The first kappa shape index (κ1) is 15.2. The lowest BCUT2D eigenvalue weighted by Gasteiger charge is -2.13. The van der Waals surface area contributed by atoms with Crippen LogP contribution in [0, 0.1) is 12.3 Å². The van der Waals surface area contributed by atoms with Crippen molar-refractivity contribution < 1.29 is 22.7 Å². The third-order valence-electron chi connectivity index (χ3n) is 1.72. The summed E-state index contributed by atoms with van der Waals surface area (Å²) < 4.78 is 40.1. The summed E-state index contributed by atoms with van der Waals surface area (Å²) in [6.45, 7) is 0. The second kappa shape index (κ2) is 7.44. The molecule has 1 unspecified atom stereocenters. The quantitative estimate of drug-likeness (QED) is 0.538. The largest absolute Gasteiger partial charge is 0.468 e. The number of carbonyl (C=O) groups is 1. The summed E-state index contributed by atoms with van der Waals surface area (Å²) >= 11 is 0.931. The molecule has 0 aromatic rings. The Morgan fingerprint density at radius 2 is 2.19 bits per heavy atom. The number of hydrogen-bond acceptors (Lipinski definition) is 3. The molecule has 0 heterocycles. The number of ether oxygens (including phenoxy) is 1. The van der Waals surface area contributed by atoms with Crippen molar-refractivity contribution in [2.45, 2.75) is 30.7 Å². The molecule has 2 nitrogen and oxygen atoms in total. The van der Waals surface area contributed by atoms with E-state index in [2.05, 4.69) is 10.7 Å². The van der Waals surface area contributed by atoms with Crippen LogP contribution in [0.25, 0.3) is 0 Å². The molecule has 0 fully saturated rings. The Labute approximate surface area is 96.9 Å². The third kappa shape index (κ3) is 7.46. The lowest BCUT2D eigenvalue weighted by molar-refractivity contribution is -0.140. The Bertz CT molecular complexity index is 258. The van der Waals surface area contributed by atoms with Crippen LogP contribution < -0.4 is 0 Å².